The highest BCUT2D eigenvalue weighted by atomic mass is 15.0. The summed E-state index contributed by atoms with van der Waals surface area (Å²) in [7, 11) is 0. The van der Waals surface area contributed by atoms with E-state index in [0.29, 0.717) is 18.1 Å². The minimum absolute atomic E-state index is 0.434. The molecule has 0 radical (unpaired) electrons. The first kappa shape index (κ1) is 11.3. The number of nitrogens with two attached hydrogens (primary N) is 1. The Labute approximate surface area is 99.3 Å². The molecule has 0 saturated carbocycles. The van der Waals surface area contributed by atoms with Gasteiger partial charge in [-0.2, -0.15) is 0 Å². The molecule has 6 nitrogen and oxygen atoms in total. The van der Waals surface area contributed by atoms with Crippen molar-refractivity contribution < 1.29 is 0 Å². The third-order valence-corrected chi connectivity index (χ3v) is 2.24. The summed E-state index contributed by atoms with van der Waals surface area (Å²) < 4.78 is 2.01. The van der Waals surface area contributed by atoms with E-state index < -0.39 is 0 Å². The number of rotatable bonds is 5. The minimum atomic E-state index is 0.434. The zero-order valence-corrected chi connectivity index (χ0v) is 9.40. The van der Waals surface area contributed by atoms with E-state index in [9.17, 15) is 0 Å². The minimum Gasteiger partial charge on any atom is -0.382 e. The van der Waals surface area contributed by atoms with Crippen molar-refractivity contribution in [1.82, 2.24) is 19.5 Å². The van der Waals surface area contributed by atoms with Crippen LogP contribution in [0.3, 0.4) is 0 Å². The lowest BCUT2D eigenvalue weighted by Crippen LogP contribution is -2.16. The van der Waals surface area contributed by atoms with Gasteiger partial charge in [0.1, 0.15) is 11.5 Å². The van der Waals surface area contributed by atoms with Crippen molar-refractivity contribution in [2.45, 2.75) is 13.0 Å². The van der Waals surface area contributed by atoms with Crippen molar-refractivity contribution >= 4 is 5.84 Å². The van der Waals surface area contributed by atoms with Gasteiger partial charge < -0.3 is 10.3 Å². The lowest BCUT2D eigenvalue weighted by Gasteiger charge is -2.01. The molecule has 0 aromatic carbocycles. The Morgan fingerprint density at radius 1 is 1.29 bits per heavy atom. The van der Waals surface area contributed by atoms with Crippen LogP contribution in [0.15, 0.2) is 42.3 Å². The van der Waals surface area contributed by atoms with Gasteiger partial charge in [-0.3, -0.25) is 9.98 Å². The van der Waals surface area contributed by atoms with E-state index in [4.69, 9.17) is 5.73 Å². The average molecular weight is 230 g/mol. The van der Waals surface area contributed by atoms with Crippen LogP contribution in [0.4, 0.5) is 0 Å². The van der Waals surface area contributed by atoms with Crippen molar-refractivity contribution in [3.05, 3.63) is 43.0 Å². The molecule has 6 heteroatoms. The lowest BCUT2D eigenvalue weighted by molar-refractivity contribution is 0.650. The molecular formula is C11H14N6. The van der Waals surface area contributed by atoms with E-state index in [1.165, 1.54) is 0 Å². The largest absolute Gasteiger partial charge is 0.382 e. The van der Waals surface area contributed by atoms with E-state index in [2.05, 4.69) is 19.9 Å². The zero-order chi connectivity index (χ0) is 11.9. The van der Waals surface area contributed by atoms with Crippen molar-refractivity contribution in [1.29, 1.82) is 0 Å². The van der Waals surface area contributed by atoms with Gasteiger partial charge in [0.15, 0.2) is 0 Å². The molecule has 2 aromatic heterocycles. The second kappa shape index (κ2) is 5.74. The first-order valence-corrected chi connectivity index (χ1v) is 5.38. The molecule has 2 rings (SSSR count). The zero-order valence-electron chi connectivity index (χ0n) is 9.40. The maximum absolute atomic E-state index is 5.78. The van der Waals surface area contributed by atoms with E-state index in [1.54, 1.807) is 31.1 Å². The van der Waals surface area contributed by atoms with Crippen molar-refractivity contribution in [2.75, 3.05) is 6.54 Å². The second-order valence-corrected chi connectivity index (χ2v) is 3.51. The number of amidine groups is 1. The number of hydrogen-bond acceptors (Lipinski definition) is 4. The molecule has 0 aliphatic rings. The Morgan fingerprint density at radius 2 is 2.24 bits per heavy atom. The summed E-state index contributed by atoms with van der Waals surface area (Å²) in [5, 5.41) is 0. The highest BCUT2D eigenvalue weighted by Crippen LogP contribution is 1.94. The first-order chi connectivity index (χ1) is 8.36. The van der Waals surface area contributed by atoms with Crippen LogP contribution < -0.4 is 5.73 Å². The van der Waals surface area contributed by atoms with Gasteiger partial charge in [-0.05, 0) is 6.42 Å². The Bertz CT molecular complexity index is 462. The molecular weight excluding hydrogens is 216 g/mol. The number of aromatic nitrogens is 4. The number of imidazole rings is 1. The molecule has 2 aromatic rings. The summed E-state index contributed by atoms with van der Waals surface area (Å²) in [4.78, 5) is 16.2. The van der Waals surface area contributed by atoms with Gasteiger partial charge in [0, 0.05) is 37.9 Å². The smallest absolute Gasteiger partial charge is 0.146 e. The molecule has 0 bridgehead atoms. The molecule has 0 aliphatic heterocycles. The predicted octanol–water partition coefficient (Wildman–Crippen LogP) is 0.469. The fourth-order valence-electron chi connectivity index (χ4n) is 1.38. The lowest BCUT2D eigenvalue weighted by atomic mass is 10.4. The molecule has 0 amide bonds. The van der Waals surface area contributed by atoms with Gasteiger partial charge in [-0.1, -0.05) is 0 Å². The molecule has 2 N–H and O–H groups in total. The first-order valence-electron chi connectivity index (χ1n) is 5.38. The fraction of sp³-hybridized carbons (Fsp3) is 0.273. The topological polar surface area (TPSA) is 82.0 Å². The molecule has 17 heavy (non-hydrogen) atoms. The second-order valence-electron chi connectivity index (χ2n) is 3.51. The third-order valence-electron chi connectivity index (χ3n) is 2.24. The van der Waals surface area contributed by atoms with Crippen LogP contribution in [0.5, 0.6) is 0 Å². The maximum atomic E-state index is 5.78. The fourth-order valence-corrected chi connectivity index (χ4v) is 1.38. The van der Waals surface area contributed by atoms with Crippen LogP contribution in [0.25, 0.3) is 0 Å². The van der Waals surface area contributed by atoms with Crippen LogP contribution >= 0.6 is 0 Å². The Kier molecular flexibility index (Phi) is 3.80. The third kappa shape index (κ3) is 3.37. The van der Waals surface area contributed by atoms with Gasteiger partial charge >= 0.3 is 0 Å². The van der Waals surface area contributed by atoms with Gasteiger partial charge in [0.25, 0.3) is 0 Å². The van der Waals surface area contributed by atoms with Crippen molar-refractivity contribution in [3.8, 4) is 0 Å². The number of nitrogens with zero attached hydrogens (tertiary/aromatic N) is 5. The van der Waals surface area contributed by atoms with Gasteiger partial charge in [0.05, 0.1) is 12.5 Å². The highest BCUT2D eigenvalue weighted by molar-refractivity contribution is 5.95. The van der Waals surface area contributed by atoms with Gasteiger partial charge in [-0.15, -0.1) is 0 Å². The highest BCUT2D eigenvalue weighted by Gasteiger charge is 1.98. The number of hydrogen-bond donors (Lipinski definition) is 1. The van der Waals surface area contributed by atoms with Crippen LogP contribution in [0.2, 0.25) is 0 Å². The Balaban J connectivity index is 1.81. The Hall–Kier alpha value is -2.24. The molecule has 2 heterocycles. The van der Waals surface area contributed by atoms with E-state index in [1.807, 2.05) is 10.8 Å². The van der Waals surface area contributed by atoms with E-state index >= 15 is 0 Å². The standard InChI is InChI=1S/C11H14N6/c12-11(10-8-13-3-4-15-10)16-2-1-6-17-7-5-14-9-17/h3-5,7-9H,1-2,6H2,(H2,12,16). The van der Waals surface area contributed by atoms with E-state index in [-0.39, 0.29) is 0 Å². The summed E-state index contributed by atoms with van der Waals surface area (Å²) in [6.07, 6.45) is 11.2. The monoisotopic (exact) mass is 230 g/mol. The van der Waals surface area contributed by atoms with Crippen LogP contribution in [0.1, 0.15) is 12.1 Å². The SMILES string of the molecule is NC(=NCCCn1ccnc1)c1cnccn1. The number of aryl methyl sites for hydroxylation is 1. The van der Waals surface area contributed by atoms with Crippen molar-refractivity contribution in [2.24, 2.45) is 10.7 Å². The Morgan fingerprint density at radius 3 is 2.94 bits per heavy atom. The predicted molar refractivity (Wildman–Crippen MR) is 64.5 cm³/mol. The average Bonchev–Trinajstić information content (AvgIpc) is 2.88. The summed E-state index contributed by atoms with van der Waals surface area (Å²) in [5.74, 6) is 0.434. The molecule has 0 spiro atoms. The summed E-state index contributed by atoms with van der Waals surface area (Å²) in [6, 6.07) is 0. The molecule has 0 saturated heterocycles. The van der Waals surface area contributed by atoms with Crippen LogP contribution in [-0.2, 0) is 6.54 Å². The molecule has 0 aliphatic carbocycles. The van der Waals surface area contributed by atoms with Gasteiger partial charge in [-0.25, -0.2) is 9.97 Å². The van der Waals surface area contributed by atoms with Crippen LogP contribution in [0, 0.1) is 0 Å². The van der Waals surface area contributed by atoms with Gasteiger partial charge in [0.2, 0.25) is 0 Å². The van der Waals surface area contributed by atoms with Crippen LogP contribution in [-0.4, -0.2) is 31.9 Å². The molecule has 0 fully saturated rings. The molecule has 0 atom stereocenters. The van der Waals surface area contributed by atoms with Crippen molar-refractivity contribution in [3.63, 3.8) is 0 Å². The molecule has 88 valence electrons. The summed E-state index contributed by atoms with van der Waals surface area (Å²) in [5.41, 5.74) is 6.40. The summed E-state index contributed by atoms with van der Waals surface area (Å²) in [6.45, 7) is 1.55. The quantitative estimate of drug-likeness (QED) is 0.460. The van der Waals surface area contributed by atoms with E-state index in [0.717, 1.165) is 13.0 Å². The normalized spacial score (nSPS) is 11.6. The summed E-state index contributed by atoms with van der Waals surface area (Å²) >= 11 is 0. The molecule has 0 unspecified atom stereocenters. The number of aliphatic imine (C=N–C) groups is 1. The maximum Gasteiger partial charge on any atom is 0.146 e.